The van der Waals surface area contributed by atoms with Gasteiger partial charge in [0.05, 0.1) is 11.3 Å². The molecule has 0 bridgehead atoms. The molecule has 0 saturated heterocycles. The molecule has 3 aromatic rings. The zero-order valence-corrected chi connectivity index (χ0v) is 15.9. The van der Waals surface area contributed by atoms with E-state index in [2.05, 4.69) is 60.1 Å². The predicted octanol–water partition coefficient (Wildman–Crippen LogP) is 5.29. The highest BCUT2D eigenvalue weighted by atomic mass is 16.1. The molecular formula is C23H26N2O. The highest BCUT2D eigenvalue weighted by Gasteiger charge is 2.20. The number of nitrogens with one attached hydrogen (secondary N) is 1. The molecule has 2 aromatic carbocycles. The average Bonchev–Trinajstić information content (AvgIpc) is 3.00. The molecule has 1 heterocycles. The fourth-order valence-corrected chi connectivity index (χ4v) is 3.09. The van der Waals surface area contributed by atoms with Crippen molar-refractivity contribution in [2.45, 2.75) is 40.2 Å². The number of amides is 1. The van der Waals surface area contributed by atoms with E-state index in [9.17, 15) is 4.79 Å². The minimum atomic E-state index is -0.0140. The van der Waals surface area contributed by atoms with Gasteiger partial charge in [-0.05, 0) is 51.0 Å². The first-order chi connectivity index (χ1) is 12.5. The molecule has 0 aliphatic carbocycles. The molecule has 0 radical (unpaired) electrons. The van der Waals surface area contributed by atoms with Gasteiger partial charge >= 0.3 is 0 Å². The van der Waals surface area contributed by atoms with Crippen LogP contribution in [0, 0.1) is 13.8 Å². The minimum Gasteiger partial charge on any atom is -0.350 e. The Morgan fingerprint density at radius 3 is 2.31 bits per heavy atom. The van der Waals surface area contributed by atoms with Crippen LogP contribution >= 0.6 is 0 Å². The summed E-state index contributed by atoms with van der Waals surface area (Å²) in [6, 6.07) is 20.8. The lowest BCUT2D eigenvalue weighted by atomic mass is 10.1. The summed E-state index contributed by atoms with van der Waals surface area (Å²) in [5, 5.41) is 3.09. The Labute approximate surface area is 155 Å². The van der Waals surface area contributed by atoms with Gasteiger partial charge in [-0.25, -0.2) is 0 Å². The summed E-state index contributed by atoms with van der Waals surface area (Å²) in [5.74, 6) is -0.0140. The van der Waals surface area contributed by atoms with Gasteiger partial charge in [0.15, 0.2) is 0 Å². The van der Waals surface area contributed by atoms with Crippen LogP contribution in [0.4, 0.5) is 0 Å². The van der Waals surface area contributed by atoms with E-state index in [1.807, 2.05) is 38.1 Å². The molecule has 26 heavy (non-hydrogen) atoms. The number of benzene rings is 2. The maximum absolute atomic E-state index is 12.8. The van der Waals surface area contributed by atoms with Crippen molar-refractivity contribution < 1.29 is 4.79 Å². The molecule has 3 rings (SSSR count). The fourth-order valence-electron chi connectivity index (χ4n) is 3.09. The minimum absolute atomic E-state index is 0.0140. The van der Waals surface area contributed by atoms with Gasteiger partial charge in [0.25, 0.3) is 5.91 Å². The van der Waals surface area contributed by atoms with Crippen molar-refractivity contribution in [2.24, 2.45) is 0 Å². The lowest BCUT2D eigenvalue weighted by Gasteiger charge is -2.13. The quantitative estimate of drug-likeness (QED) is 0.669. The standard InChI is InChI=1S/C23H26N2O/c1-5-17(3)24-23(26)21-15-22(19-9-7-6-8-10-19)25(18(21)4)20-13-11-16(2)12-14-20/h6-15,17H,5H2,1-4H3,(H,24,26)/t17-/m1/s1. The number of aryl methyl sites for hydroxylation is 1. The van der Waals surface area contributed by atoms with E-state index < -0.39 is 0 Å². The molecule has 1 amide bonds. The maximum Gasteiger partial charge on any atom is 0.253 e. The van der Waals surface area contributed by atoms with Gasteiger partial charge in [0.2, 0.25) is 0 Å². The van der Waals surface area contributed by atoms with Crippen LogP contribution in [0.1, 0.15) is 41.9 Å². The first-order valence-corrected chi connectivity index (χ1v) is 9.17. The third-order valence-electron chi connectivity index (χ3n) is 4.84. The molecule has 0 fully saturated rings. The highest BCUT2D eigenvalue weighted by Crippen LogP contribution is 2.29. The average molecular weight is 346 g/mol. The molecule has 1 atom stereocenters. The Balaban J connectivity index is 2.14. The SMILES string of the molecule is CC[C@@H](C)NC(=O)c1cc(-c2ccccc2)n(-c2ccc(C)cc2)c1C. The van der Waals surface area contributed by atoms with Crippen LogP contribution in [0.3, 0.4) is 0 Å². The second-order valence-electron chi connectivity index (χ2n) is 6.85. The van der Waals surface area contributed by atoms with Crippen molar-refractivity contribution in [1.82, 2.24) is 9.88 Å². The van der Waals surface area contributed by atoms with Crippen LogP contribution in [0.5, 0.6) is 0 Å². The van der Waals surface area contributed by atoms with Gasteiger partial charge in [-0.2, -0.15) is 0 Å². The number of rotatable bonds is 5. The molecule has 1 N–H and O–H groups in total. The van der Waals surface area contributed by atoms with Crippen LogP contribution in [-0.4, -0.2) is 16.5 Å². The first kappa shape index (κ1) is 18.0. The summed E-state index contributed by atoms with van der Waals surface area (Å²) >= 11 is 0. The van der Waals surface area contributed by atoms with Crippen molar-refractivity contribution >= 4 is 5.91 Å². The third kappa shape index (κ3) is 3.57. The third-order valence-corrected chi connectivity index (χ3v) is 4.84. The normalized spacial score (nSPS) is 12.0. The molecule has 3 heteroatoms. The summed E-state index contributed by atoms with van der Waals surface area (Å²) in [4.78, 5) is 12.8. The van der Waals surface area contributed by atoms with E-state index in [0.717, 1.165) is 34.6 Å². The van der Waals surface area contributed by atoms with Gasteiger partial charge in [-0.1, -0.05) is 55.0 Å². The maximum atomic E-state index is 12.8. The molecule has 0 aliphatic rings. The Morgan fingerprint density at radius 2 is 1.69 bits per heavy atom. The van der Waals surface area contributed by atoms with Gasteiger partial charge in [-0.3, -0.25) is 4.79 Å². The van der Waals surface area contributed by atoms with E-state index in [4.69, 9.17) is 0 Å². The summed E-state index contributed by atoms with van der Waals surface area (Å²) in [7, 11) is 0. The Kier molecular flexibility index (Phi) is 5.27. The van der Waals surface area contributed by atoms with Gasteiger partial charge < -0.3 is 9.88 Å². The number of carbonyl (C=O) groups excluding carboxylic acids is 1. The molecule has 3 nitrogen and oxygen atoms in total. The van der Waals surface area contributed by atoms with Gasteiger partial charge in [0, 0.05) is 17.4 Å². The van der Waals surface area contributed by atoms with Crippen molar-refractivity contribution in [3.63, 3.8) is 0 Å². The molecule has 0 spiro atoms. The monoisotopic (exact) mass is 346 g/mol. The number of hydrogen-bond acceptors (Lipinski definition) is 1. The van der Waals surface area contributed by atoms with Crippen LogP contribution in [0.2, 0.25) is 0 Å². The second kappa shape index (κ2) is 7.61. The number of nitrogens with zero attached hydrogens (tertiary/aromatic N) is 1. The van der Waals surface area contributed by atoms with Crippen LogP contribution in [0.25, 0.3) is 16.9 Å². The van der Waals surface area contributed by atoms with Crippen molar-refractivity contribution in [1.29, 1.82) is 0 Å². The van der Waals surface area contributed by atoms with Crippen LogP contribution < -0.4 is 5.32 Å². The second-order valence-corrected chi connectivity index (χ2v) is 6.85. The van der Waals surface area contributed by atoms with Gasteiger partial charge in [-0.15, -0.1) is 0 Å². The van der Waals surface area contributed by atoms with E-state index >= 15 is 0 Å². The molecule has 0 unspecified atom stereocenters. The summed E-state index contributed by atoms with van der Waals surface area (Å²) in [5.41, 5.74) is 6.09. The zero-order valence-electron chi connectivity index (χ0n) is 15.9. The fraction of sp³-hybridized carbons (Fsp3) is 0.261. The van der Waals surface area contributed by atoms with E-state index in [-0.39, 0.29) is 11.9 Å². The molecule has 1 aromatic heterocycles. The smallest absolute Gasteiger partial charge is 0.253 e. The Hall–Kier alpha value is -2.81. The lowest BCUT2D eigenvalue weighted by molar-refractivity contribution is 0.0938. The molecular weight excluding hydrogens is 320 g/mol. The number of hydrogen-bond donors (Lipinski definition) is 1. The first-order valence-electron chi connectivity index (χ1n) is 9.17. The lowest BCUT2D eigenvalue weighted by Crippen LogP contribution is -2.32. The van der Waals surface area contributed by atoms with Crippen LogP contribution in [0.15, 0.2) is 60.7 Å². The van der Waals surface area contributed by atoms with Crippen LogP contribution in [-0.2, 0) is 0 Å². The number of aromatic nitrogens is 1. The van der Waals surface area contributed by atoms with E-state index in [1.165, 1.54) is 5.56 Å². The molecule has 134 valence electrons. The largest absolute Gasteiger partial charge is 0.350 e. The van der Waals surface area contributed by atoms with Crippen molar-refractivity contribution in [3.05, 3.63) is 77.5 Å². The van der Waals surface area contributed by atoms with Crippen molar-refractivity contribution in [2.75, 3.05) is 0 Å². The highest BCUT2D eigenvalue weighted by molar-refractivity contribution is 5.97. The van der Waals surface area contributed by atoms with E-state index in [0.29, 0.717) is 0 Å². The number of carbonyl (C=O) groups is 1. The zero-order chi connectivity index (χ0) is 18.7. The Morgan fingerprint density at radius 1 is 1.04 bits per heavy atom. The summed E-state index contributed by atoms with van der Waals surface area (Å²) in [6.07, 6.45) is 0.912. The topological polar surface area (TPSA) is 34.0 Å². The van der Waals surface area contributed by atoms with Crippen molar-refractivity contribution in [3.8, 4) is 16.9 Å². The molecule has 0 aliphatic heterocycles. The van der Waals surface area contributed by atoms with E-state index in [1.54, 1.807) is 0 Å². The Bertz CT molecular complexity index is 892. The summed E-state index contributed by atoms with van der Waals surface area (Å²) in [6.45, 7) is 8.19. The van der Waals surface area contributed by atoms with Gasteiger partial charge in [0.1, 0.15) is 0 Å². The molecule has 0 saturated carbocycles. The summed E-state index contributed by atoms with van der Waals surface area (Å²) < 4.78 is 2.17. The predicted molar refractivity (Wildman–Crippen MR) is 108 cm³/mol.